The van der Waals surface area contributed by atoms with Gasteiger partial charge >= 0.3 is 0 Å². The Labute approximate surface area is 137 Å². The minimum Gasteiger partial charge on any atom is -0.370 e. The maximum Gasteiger partial charge on any atom is 0.229 e. The number of hydrogen-bond donors (Lipinski definition) is 2. The SMILES string of the molecule is CN1C=CNC1CCc1ccc(NS(C)(=O)=O)cc1.I. The van der Waals surface area contributed by atoms with E-state index in [-0.39, 0.29) is 24.0 Å². The third-order valence-electron chi connectivity index (χ3n) is 3.05. The average Bonchev–Trinajstić information content (AvgIpc) is 2.72. The molecule has 0 fully saturated rings. The quantitative estimate of drug-likeness (QED) is 0.730. The largest absolute Gasteiger partial charge is 0.370 e. The van der Waals surface area contributed by atoms with E-state index in [0.29, 0.717) is 11.9 Å². The normalized spacial score (nSPS) is 17.5. The molecule has 2 rings (SSSR count). The van der Waals surface area contributed by atoms with Gasteiger partial charge < -0.3 is 10.2 Å². The fraction of sp³-hybridized carbons (Fsp3) is 0.385. The third-order valence-corrected chi connectivity index (χ3v) is 3.66. The summed E-state index contributed by atoms with van der Waals surface area (Å²) in [5, 5.41) is 3.27. The number of benzene rings is 1. The molecule has 0 amide bonds. The highest BCUT2D eigenvalue weighted by Gasteiger charge is 2.13. The summed E-state index contributed by atoms with van der Waals surface area (Å²) in [6.45, 7) is 0. The molecule has 112 valence electrons. The first-order valence-corrected chi connectivity index (χ1v) is 8.04. The fourth-order valence-corrected chi connectivity index (χ4v) is 2.60. The van der Waals surface area contributed by atoms with Gasteiger partial charge in [0.25, 0.3) is 0 Å². The molecular formula is C13H20IN3O2S. The van der Waals surface area contributed by atoms with Gasteiger partial charge in [0, 0.05) is 25.1 Å². The maximum atomic E-state index is 11.1. The maximum absolute atomic E-state index is 11.1. The molecule has 1 aliphatic heterocycles. The summed E-state index contributed by atoms with van der Waals surface area (Å²) in [6, 6.07) is 7.49. The van der Waals surface area contributed by atoms with Crippen molar-refractivity contribution in [3.05, 3.63) is 42.2 Å². The monoisotopic (exact) mass is 409 g/mol. The Kier molecular flexibility index (Phi) is 6.12. The van der Waals surface area contributed by atoms with Gasteiger partial charge in [-0.15, -0.1) is 24.0 Å². The number of aryl methyl sites for hydroxylation is 1. The Morgan fingerprint density at radius 3 is 2.45 bits per heavy atom. The zero-order chi connectivity index (χ0) is 13.9. The van der Waals surface area contributed by atoms with Gasteiger partial charge in [0.1, 0.15) is 0 Å². The van der Waals surface area contributed by atoms with Crippen LogP contribution in [-0.4, -0.2) is 32.8 Å². The summed E-state index contributed by atoms with van der Waals surface area (Å²) < 4.78 is 24.6. The first-order chi connectivity index (χ1) is 8.94. The lowest BCUT2D eigenvalue weighted by atomic mass is 10.1. The smallest absolute Gasteiger partial charge is 0.229 e. The minimum absolute atomic E-state index is 0. The number of hydrogen-bond acceptors (Lipinski definition) is 4. The summed E-state index contributed by atoms with van der Waals surface area (Å²) in [5.41, 5.74) is 1.80. The molecule has 1 atom stereocenters. The minimum atomic E-state index is -3.20. The van der Waals surface area contributed by atoms with Crippen LogP contribution in [-0.2, 0) is 16.4 Å². The summed E-state index contributed by atoms with van der Waals surface area (Å²) in [6.07, 6.45) is 7.41. The molecule has 2 N–H and O–H groups in total. The van der Waals surface area contributed by atoms with Gasteiger partial charge in [-0.25, -0.2) is 8.42 Å². The third kappa shape index (κ3) is 5.20. The van der Waals surface area contributed by atoms with Crippen LogP contribution in [0.4, 0.5) is 5.69 Å². The van der Waals surface area contributed by atoms with Gasteiger partial charge in [0.2, 0.25) is 10.0 Å². The van der Waals surface area contributed by atoms with Crippen molar-refractivity contribution in [1.29, 1.82) is 0 Å². The molecule has 20 heavy (non-hydrogen) atoms. The number of sulfonamides is 1. The second-order valence-electron chi connectivity index (χ2n) is 4.77. The molecule has 0 aromatic heterocycles. The van der Waals surface area contributed by atoms with Crippen LogP contribution >= 0.6 is 24.0 Å². The van der Waals surface area contributed by atoms with E-state index in [0.717, 1.165) is 19.1 Å². The molecule has 7 heteroatoms. The van der Waals surface area contributed by atoms with Crippen molar-refractivity contribution in [2.45, 2.75) is 19.0 Å². The highest BCUT2D eigenvalue weighted by molar-refractivity contribution is 14.0. The molecule has 0 radical (unpaired) electrons. The summed E-state index contributed by atoms with van der Waals surface area (Å²) in [4.78, 5) is 2.14. The van der Waals surface area contributed by atoms with Gasteiger partial charge in [0.05, 0.1) is 12.4 Å². The van der Waals surface area contributed by atoms with Crippen molar-refractivity contribution in [3.63, 3.8) is 0 Å². The highest BCUT2D eigenvalue weighted by Crippen LogP contribution is 2.14. The lowest BCUT2D eigenvalue weighted by Gasteiger charge is -2.20. The second kappa shape index (κ2) is 7.16. The van der Waals surface area contributed by atoms with Crippen LogP contribution in [0.1, 0.15) is 12.0 Å². The Morgan fingerprint density at radius 1 is 1.30 bits per heavy atom. The van der Waals surface area contributed by atoms with Crippen LogP contribution in [0.5, 0.6) is 0 Å². The molecule has 1 aliphatic rings. The van der Waals surface area contributed by atoms with Crippen molar-refractivity contribution < 1.29 is 8.42 Å². The molecule has 0 saturated heterocycles. The van der Waals surface area contributed by atoms with Crippen LogP contribution in [0.25, 0.3) is 0 Å². The standard InChI is InChI=1S/C13H19N3O2S.HI/c1-16-10-9-14-13(16)8-5-11-3-6-12(7-4-11)15-19(2,17)18;/h3-4,6-7,9-10,13-15H,5,8H2,1-2H3;1H. The van der Waals surface area contributed by atoms with Crippen LogP contribution in [0.3, 0.4) is 0 Å². The molecule has 0 aliphatic carbocycles. The molecule has 1 unspecified atom stereocenters. The van der Waals surface area contributed by atoms with Crippen molar-refractivity contribution in [2.24, 2.45) is 0 Å². The van der Waals surface area contributed by atoms with Crippen LogP contribution in [0.2, 0.25) is 0 Å². The van der Waals surface area contributed by atoms with Gasteiger partial charge in [-0.2, -0.15) is 0 Å². The second-order valence-corrected chi connectivity index (χ2v) is 6.52. The van der Waals surface area contributed by atoms with Crippen molar-refractivity contribution >= 4 is 39.7 Å². The Balaban J connectivity index is 0.00000200. The van der Waals surface area contributed by atoms with Crippen molar-refractivity contribution in [3.8, 4) is 0 Å². The molecule has 1 aromatic carbocycles. The lowest BCUT2D eigenvalue weighted by molar-refractivity contribution is 0.313. The van der Waals surface area contributed by atoms with E-state index in [2.05, 4.69) is 14.9 Å². The predicted molar refractivity (Wildman–Crippen MR) is 92.5 cm³/mol. The Morgan fingerprint density at radius 2 is 1.95 bits per heavy atom. The van der Waals surface area contributed by atoms with Crippen LogP contribution in [0, 0.1) is 0 Å². The van der Waals surface area contributed by atoms with Gasteiger partial charge in [0.15, 0.2) is 0 Å². The number of halogens is 1. The van der Waals surface area contributed by atoms with E-state index >= 15 is 0 Å². The Bertz CT molecular complexity index is 557. The van der Waals surface area contributed by atoms with Crippen LogP contribution in [0.15, 0.2) is 36.7 Å². The van der Waals surface area contributed by atoms with E-state index in [1.807, 2.05) is 31.6 Å². The molecular weight excluding hydrogens is 389 g/mol. The Hall–Kier alpha value is -0.960. The number of nitrogens with zero attached hydrogens (tertiary/aromatic N) is 1. The van der Waals surface area contributed by atoms with E-state index in [1.165, 1.54) is 5.56 Å². The zero-order valence-corrected chi connectivity index (χ0v) is 14.7. The summed E-state index contributed by atoms with van der Waals surface area (Å²) in [5.74, 6) is 0. The summed E-state index contributed by atoms with van der Waals surface area (Å²) >= 11 is 0. The van der Waals surface area contributed by atoms with E-state index < -0.39 is 10.0 Å². The highest BCUT2D eigenvalue weighted by atomic mass is 127. The van der Waals surface area contributed by atoms with Gasteiger partial charge in [-0.1, -0.05) is 12.1 Å². The molecule has 0 bridgehead atoms. The van der Waals surface area contributed by atoms with Gasteiger partial charge in [-0.3, -0.25) is 4.72 Å². The van der Waals surface area contributed by atoms with E-state index in [4.69, 9.17) is 0 Å². The first-order valence-electron chi connectivity index (χ1n) is 6.15. The predicted octanol–water partition coefficient (Wildman–Crippen LogP) is 1.94. The molecule has 5 nitrogen and oxygen atoms in total. The van der Waals surface area contributed by atoms with E-state index in [1.54, 1.807) is 12.1 Å². The zero-order valence-electron chi connectivity index (χ0n) is 11.5. The van der Waals surface area contributed by atoms with E-state index in [9.17, 15) is 8.42 Å². The first kappa shape index (κ1) is 17.1. The topological polar surface area (TPSA) is 61.4 Å². The molecule has 1 heterocycles. The lowest BCUT2D eigenvalue weighted by Crippen LogP contribution is -2.32. The average molecular weight is 409 g/mol. The molecule has 0 spiro atoms. The fourth-order valence-electron chi connectivity index (χ4n) is 2.04. The molecule has 0 saturated carbocycles. The van der Waals surface area contributed by atoms with Crippen molar-refractivity contribution in [2.75, 3.05) is 18.0 Å². The van der Waals surface area contributed by atoms with Crippen molar-refractivity contribution in [1.82, 2.24) is 10.2 Å². The summed E-state index contributed by atoms with van der Waals surface area (Å²) in [7, 11) is -1.16. The number of anilines is 1. The van der Waals surface area contributed by atoms with Crippen LogP contribution < -0.4 is 10.0 Å². The molecule has 1 aromatic rings. The van der Waals surface area contributed by atoms with Gasteiger partial charge in [-0.05, 0) is 30.5 Å². The number of nitrogens with one attached hydrogen (secondary N) is 2. The number of rotatable bonds is 5.